The average molecular weight is 332 g/mol. The van der Waals surface area contributed by atoms with Gasteiger partial charge in [-0.3, -0.25) is 14.9 Å². The van der Waals surface area contributed by atoms with Crippen LogP contribution < -0.4 is 5.32 Å². The maximum Gasteiger partial charge on any atom is 0.272 e. The molecule has 1 unspecified atom stereocenters. The molecule has 0 aliphatic heterocycles. The number of nitrogens with one attached hydrogen (secondary N) is 1. The summed E-state index contributed by atoms with van der Waals surface area (Å²) in [5.41, 5.74) is 1.47. The number of amides is 1. The fraction of sp³-hybridized carbons (Fsp3) is 0.353. The minimum Gasteiger partial charge on any atom is -0.466 e. The number of nitro groups is 1. The van der Waals surface area contributed by atoms with Crippen molar-refractivity contribution in [3.63, 3.8) is 0 Å². The molecule has 128 valence electrons. The molecule has 1 atom stereocenters. The number of aryl methyl sites for hydroxylation is 3. The van der Waals surface area contributed by atoms with Crippen molar-refractivity contribution in [2.75, 3.05) is 6.54 Å². The van der Waals surface area contributed by atoms with E-state index in [1.165, 1.54) is 18.2 Å². The van der Waals surface area contributed by atoms with Crippen molar-refractivity contribution in [1.29, 1.82) is 0 Å². The van der Waals surface area contributed by atoms with Crippen molar-refractivity contribution >= 4 is 11.6 Å². The van der Waals surface area contributed by atoms with Gasteiger partial charge in [0.25, 0.3) is 11.6 Å². The maximum absolute atomic E-state index is 12.1. The fourth-order valence-corrected chi connectivity index (χ4v) is 2.56. The number of hydrogen-bond donors (Lipinski definition) is 2. The van der Waals surface area contributed by atoms with Crippen molar-refractivity contribution in [3.8, 4) is 0 Å². The van der Waals surface area contributed by atoms with Gasteiger partial charge in [-0.1, -0.05) is 0 Å². The van der Waals surface area contributed by atoms with Gasteiger partial charge >= 0.3 is 0 Å². The van der Waals surface area contributed by atoms with E-state index in [0.717, 1.165) is 5.76 Å². The number of nitro benzene ring substituents is 1. The molecule has 7 nitrogen and oxygen atoms in total. The topological polar surface area (TPSA) is 106 Å². The van der Waals surface area contributed by atoms with Crippen LogP contribution in [-0.2, 0) is 0 Å². The summed E-state index contributed by atoms with van der Waals surface area (Å²) in [5.74, 6) is 1.06. The van der Waals surface area contributed by atoms with Crippen molar-refractivity contribution < 1.29 is 19.2 Å². The van der Waals surface area contributed by atoms with E-state index in [4.69, 9.17) is 4.42 Å². The summed E-state index contributed by atoms with van der Waals surface area (Å²) in [6, 6.07) is 5.99. The first-order valence-electron chi connectivity index (χ1n) is 7.58. The Morgan fingerprint density at radius 3 is 2.58 bits per heavy atom. The van der Waals surface area contributed by atoms with Crippen LogP contribution in [0.25, 0.3) is 0 Å². The molecule has 24 heavy (non-hydrogen) atoms. The molecule has 2 aromatic rings. The van der Waals surface area contributed by atoms with Gasteiger partial charge in [0.1, 0.15) is 11.5 Å². The molecular weight excluding hydrogens is 312 g/mol. The molecule has 2 N–H and O–H groups in total. The number of carbonyl (C=O) groups is 1. The zero-order chi connectivity index (χ0) is 17.9. The molecule has 1 heterocycles. The Labute approximate surface area is 139 Å². The molecule has 0 aliphatic rings. The molecule has 7 heteroatoms. The minimum atomic E-state index is -0.721. The van der Waals surface area contributed by atoms with E-state index in [0.29, 0.717) is 28.9 Å². The quantitative estimate of drug-likeness (QED) is 0.625. The largest absolute Gasteiger partial charge is 0.466 e. The van der Waals surface area contributed by atoms with Gasteiger partial charge in [0.15, 0.2) is 0 Å². The molecular formula is C17H20N2O5. The SMILES string of the molecule is Cc1cc(C(O)CCNC(=O)c2ccc([N+](=O)[O-])c(C)c2)c(C)o1. The lowest BCUT2D eigenvalue weighted by molar-refractivity contribution is -0.385. The second-order valence-corrected chi connectivity index (χ2v) is 5.69. The summed E-state index contributed by atoms with van der Waals surface area (Å²) in [6.45, 7) is 5.45. The highest BCUT2D eigenvalue weighted by molar-refractivity contribution is 5.94. The fourth-order valence-electron chi connectivity index (χ4n) is 2.56. The van der Waals surface area contributed by atoms with Crippen molar-refractivity contribution in [2.24, 2.45) is 0 Å². The van der Waals surface area contributed by atoms with Crippen LogP contribution in [-0.4, -0.2) is 22.5 Å². The molecule has 0 spiro atoms. The molecule has 0 bridgehead atoms. The van der Waals surface area contributed by atoms with Crippen molar-refractivity contribution in [1.82, 2.24) is 5.32 Å². The molecule has 2 rings (SSSR count). The molecule has 0 aliphatic carbocycles. The smallest absolute Gasteiger partial charge is 0.272 e. The van der Waals surface area contributed by atoms with Crippen LogP contribution in [0.5, 0.6) is 0 Å². The number of nitrogens with zero attached hydrogens (tertiary/aromatic N) is 1. The van der Waals surface area contributed by atoms with Crippen LogP contribution >= 0.6 is 0 Å². The average Bonchev–Trinajstić information content (AvgIpc) is 2.85. The Morgan fingerprint density at radius 2 is 2.04 bits per heavy atom. The molecule has 1 aromatic carbocycles. The van der Waals surface area contributed by atoms with Crippen molar-refractivity contribution in [3.05, 3.63) is 62.6 Å². The standard InChI is InChI=1S/C17H20N2O5/c1-10-8-13(4-5-15(10)19(22)23)17(21)18-7-6-16(20)14-9-11(2)24-12(14)3/h4-5,8-9,16,20H,6-7H2,1-3H3,(H,18,21). The molecule has 0 saturated carbocycles. The molecule has 0 saturated heterocycles. The Hall–Kier alpha value is -2.67. The molecule has 0 radical (unpaired) electrons. The van der Waals surface area contributed by atoms with Gasteiger partial charge in [-0.15, -0.1) is 0 Å². The zero-order valence-electron chi connectivity index (χ0n) is 13.8. The van der Waals surface area contributed by atoms with Crippen LogP contribution in [0.2, 0.25) is 0 Å². The summed E-state index contributed by atoms with van der Waals surface area (Å²) in [7, 11) is 0. The number of aliphatic hydroxyl groups excluding tert-OH is 1. The lowest BCUT2D eigenvalue weighted by Crippen LogP contribution is -2.25. The van der Waals surface area contributed by atoms with E-state index in [9.17, 15) is 20.0 Å². The predicted octanol–water partition coefficient (Wildman–Crippen LogP) is 2.97. The van der Waals surface area contributed by atoms with E-state index in [-0.39, 0.29) is 18.1 Å². The van der Waals surface area contributed by atoms with Gasteiger partial charge < -0.3 is 14.8 Å². The normalized spacial score (nSPS) is 12.0. The first-order chi connectivity index (χ1) is 11.3. The highest BCUT2D eigenvalue weighted by atomic mass is 16.6. The van der Waals surface area contributed by atoms with E-state index in [2.05, 4.69) is 5.32 Å². The molecule has 1 aromatic heterocycles. The Kier molecular flexibility index (Phi) is 5.35. The third-order valence-electron chi connectivity index (χ3n) is 3.80. The Morgan fingerprint density at radius 1 is 1.33 bits per heavy atom. The Balaban J connectivity index is 1.92. The first kappa shape index (κ1) is 17.7. The lowest BCUT2D eigenvalue weighted by Gasteiger charge is -2.11. The van der Waals surface area contributed by atoms with Gasteiger partial charge in [-0.25, -0.2) is 0 Å². The third-order valence-corrected chi connectivity index (χ3v) is 3.80. The van der Waals surface area contributed by atoms with Crippen LogP contribution in [0.3, 0.4) is 0 Å². The van der Waals surface area contributed by atoms with E-state index in [1.54, 1.807) is 19.9 Å². The third kappa shape index (κ3) is 3.99. The van der Waals surface area contributed by atoms with E-state index < -0.39 is 11.0 Å². The van der Waals surface area contributed by atoms with Crippen LogP contribution in [0.1, 0.15) is 45.5 Å². The molecule has 1 amide bonds. The van der Waals surface area contributed by atoms with Gasteiger partial charge in [-0.05, 0) is 45.4 Å². The number of benzene rings is 1. The maximum atomic E-state index is 12.1. The summed E-state index contributed by atoms with van der Waals surface area (Å²) in [5, 5.41) is 23.6. The predicted molar refractivity (Wildman–Crippen MR) is 87.9 cm³/mol. The number of hydrogen-bond acceptors (Lipinski definition) is 5. The summed E-state index contributed by atoms with van der Waals surface area (Å²) in [4.78, 5) is 22.4. The lowest BCUT2D eigenvalue weighted by atomic mass is 10.1. The summed E-state index contributed by atoms with van der Waals surface area (Å²) in [6.07, 6.45) is -0.376. The Bertz CT molecular complexity index is 766. The minimum absolute atomic E-state index is 0.0206. The van der Waals surface area contributed by atoms with E-state index in [1.807, 2.05) is 6.92 Å². The zero-order valence-corrected chi connectivity index (χ0v) is 13.8. The summed E-state index contributed by atoms with van der Waals surface area (Å²) < 4.78 is 5.37. The second-order valence-electron chi connectivity index (χ2n) is 5.69. The number of rotatable bonds is 6. The van der Waals surface area contributed by atoms with Crippen LogP contribution in [0.4, 0.5) is 5.69 Å². The van der Waals surface area contributed by atoms with Gasteiger partial charge in [0.2, 0.25) is 0 Å². The number of aliphatic hydroxyl groups is 1. The second kappa shape index (κ2) is 7.27. The molecule has 0 fully saturated rings. The monoisotopic (exact) mass is 332 g/mol. The van der Waals surface area contributed by atoms with Crippen LogP contribution in [0, 0.1) is 30.9 Å². The number of carbonyl (C=O) groups excluding carboxylic acids is 1. The van der Waals surface area contributed by atoms with E-state index >= 15 is 0 Å². The van der Waals surface area contributed by atoms with Gasteiger partial charge in [0, 0.05) is 29.3 Å². The summed E-state index contributed by atoms with van der Waals surface area (Å²) >= 11 is 0. The highest BCUT2D eigenvalue weighted by Gasteiger charge is 2.16. The van der Waals surface area contributed by atoms with Crippen LogP contribution in [0.15, 0.2) is 28.7 Å². The first-order valence-corrected chi connectivity index (χ1v) is 7.58. The van der Waals surface area contributed by atoms with Gasteiger partial charge in [-0.2, -0.15) is 0 Å². The van der Waals surface area contributed by atoms with Gasteiger partial charge in [0.05, 0.1) is 11.0 Å². The number of furan rings is 1. The highest BCUT2D eigenvalue weighted by Crippen LogP contribution is 2.23. The van der Waals surface area contributed by atoms with Crippen molar-refractivity contribution in [2.45, 2.75) is 33.3 Å².